The van der Waals surface area contributed by atoms with Crippen LogP contribution in [-0.4, -0.2) is 34.2 Å². The molecular formula is C8H10ClN3O4. The van der Waals surface area contributed by atoms with Crippen LogP contribution < -0.4 is 11.4 Å². The Balaban J connectivity index is 2.28. The number of rotatable bonds is 2. The zero-order chi connectivity index (χ0) is 11.7. The molecule has 8 heteroatoms. The fraction of sp³-hybridized carbons (Fsp3) is 0.500. The number of nitrogens with zero attached hydrogens (tertiary/aromatic N) is 2. The second kappa shape index (κ2) is 4.38. The summed E-state index contributed by atoms with van der Waals surface area (Å²) >= 11 is 5.74. The van der Waals surface area contributed by atoms with Crippen LogP contribution in [0.3, 0.4) is 0 Å². The second-order valence-corrected chi connectivity index (χ2v) is 3.61. The Morgan fingerprint density at radius 1 is 1.75 bits per heavy atom. The zero-order valence-electron chi connectivity index (χ0n) is 8.17. The van der Waals surface area contributed by atoms with Gasteiger partial charge in [0, 0.05) is 6.20 Å². The molecule has 1 aliphatic heterocycles. The Labute approximate surface area is 95.4 Å². The molecule has 0 bridgehead atoms. The highest BCUT2D eigenvalue weighted by Crippen LogP contribution is 2.21. The van der Waals surface area contributed by atoms with Crippen molar-refractivity contribution in [2.75, 3.05) is 18.9 Å². The number of nitrogens with two attached hydrogens (primary N) is 1. The molecule has 7 nitrogen and oxygen atoms in total. The average molecular weight is 248 g/mol. The lowest BCUT2D eigenvalue weighted by Crippen LogP contribution is -2.29. The number of hydrogen-bond acceptors (Lipinski definition) is 6. The predicted octanol–water partition coefficient (Wildman–Crippen LogP) is -0.657. The third-order valence-corrected chi connectivity index (χ3v) is 2.42. The maximum atomic E-state index is 11.5. The van der Waals surface area contributed by atoms with Crippen LogP contribution in [0.15, 0.2) is 11.0 Å². The molecule has 1 fully saturated rings. The molecule has 2 atom stereocenters. The van der Waals surface area contributed by atoms with Gasteiger partial charge in [-0.25, -0.2) is 4.79 Å². The Morgan fingerprint density at radius 2 is 2.50 bits per heavy atom. The maximum absolute atomic E-state index is 11.5. The van der Waals surface area contributed by atoms with E-state index in [2.05, 4.69) is 4.98 Å². The zero-order valence-corrected chi connectivity index (χ0v) is 8.92. The van der Waals surface area contributed by atoms with Gasteiger partial charge in [-0.2, -0.15) is 4.98 Å². The van der Waals surface area contributed by atoms with Crippen molar-refractivity contribution in [3.63, 3.8) is 0 Å². The summed E-state index contributed by atoms with van der Waals surface area (Å²) in [5.74, 6) is -0.0273. The van der Waals surface area contributed by atoms with Crippen LogP contribution in [0.1, 0.15) is 6.23 Å². The van der Waals surface area contributed by atoms with E-state index in [1.165, 1.54) is 10.8 Å². The standard InChI is InChI=1S/C8H10ClN3O4/c9-4-1-12(8(14)11-7(4)10)5-3-15-6(2-13)16-5/h1,5-6,13H,2-3H2,(H2,10,11,14)/t5-,6+/m1/s1. The molecule has 1 aliphatic rings. The quantitative estimate of drug-likeness (QED) is 0.720. The van der Waals surface area contributed by atoms with Gasteiger partial charge >= 0.3 is 5.69 Å². The molecule has 0 spiro atoms. The van der Waals surface area contributed by atoms with E-state index in [1.54, 1.807) is 0 Å². The molecule has 88 valence electrons. The molecule has 2 heterocycles. The maximum Gasteiger partial charge on any atom is 0.351 e. The first kappa shape index (κ1) is 11.3. The monoisotopic (exact) mass is 247 g/mol. The number of aliphatic hydroxyl groups is 1. The molecule has 1 aromatic heterocycles. The van der Waals surface area contributed by atoms with E-state index in [0.717, 1.165) is 0 Å². The first-order chi connectivity index (χ1) is 7.61. The van der Waals surface area contributed by atoms with Gasteiger partial charge in [-0.1, -0.05) is 11.6 Å². The number of halogens is 1. The number of anilines is 1. The van der Waals surface area contributed by atoms with Crippen LogP contribution in [0, 0.1) is 0 Å². The Kier molecular flexibility index (Phi) is 3.10. The number of ether oxygens (including phenoxy) is 2. The van der Waals surface area contributed by atoms with Crippen molar-refractivity contribution in [3.8, 4) is 0 Å². The SMILES string of the molecule is Nc1nc(=O)n([C@H]2CO[C@H](CO)O2)cc1Cl. The van der Waals surface area contributed by atoms with E-state index >= 15 is 0 Å². The molecule has 0 aliphatic carbocycles. The normalized spacial score (nSPS) is 24.9. The van der Waals surface area contributed by atoms with Gasteiger partial charge in [-0.05, 0) is 0 Å². The highest BCUT2D eigenvalue weighted by molar-refractivity contribution is 6.32. The van der Waals surface area contributed by atoms with Gasteiger partial charge in [0.15, 0.2) is 12.5 Å². The van der Waals surface area contributed by atoms with E-state index < -0.39 is 18.2 Å². The van der Waals surface area contributed by atoms with Crippen molar-refractivity contribution in [2.24, 2.45) is 0 Å². The van der Waals surface area contributed by atoms with Crippen molar-refractivity contribution in [3.05, 3.63) is 21.7 Å². The minimum atomic E-state index is -0.728. The summed E-state index contributed by atoms with van der Waals surface area (Å²) in [5.41, 5.74) is 4.80. The summed E-state index contributed by atoms with van der Waals surface area (Å²) in [7, 11) is 0. The Morgan fingerprint density at radius 3 is 3.12 bits per heavy atom. The smallest absolute Gasteiger partial charge is 0.351 e. The average Bonchev–Trinajstić information content (AvgIpc) is 2.71. The third kappa shape index (κ3) is 2.03. The van der Waals surface area contributed by atoms with Gasteiger partial charge in [-0.3, -0.25) is 4.57 Å². The highest BCUT2D eigenvalue weighted by Gasteiger charge is 2.27. The van der Waals surface area contributed by atoms with Crippen LogP contribution in [-0.2, 0) is 9.47 Å². The van der Waals surface area contributed by atoms with Crippen LogP contribution >= 0.6 is 11.6 Å². The van der Waals surface area contributed by atoms with Crippen LogP contribution in [0.25, 0.3) is 0 Å². The summed E-state index contributed by atoms with van der Waals surface area (Å²) in [6.07, 6.45) is -0.0384. The minimum Gasteiger partial charge on any atom is -0.391 e. The molecule has 1 saturated heterocycles. The van der Waals surface area contributed by atoms with Gasteiger partial charge in [0.1, 0.15) is 5.82 Å². The number of nitrogen functional groups attached to an aromatic ring is 1. The fourth-order valence-electron chi connectivity index (χ4n) is 1.35. The highest BCUT2D eigenvalue weighted by atomic mass is 35.5. The minimum absolute atomic E-state index is 0.0273. The molecule has 3 N–H and O–H groups in total. The second-order valence-electron chi connectivity index (χ2n) is 3.20. The third-order valence-electron chi connectivity index (χ3n) is 2.13. The van der Waals surface area contributed by atoms with Crippen molar-refractivity contribution in [1.82, 2.24) is 9.55 Å². The Bertz CT molecular complexity index is 449. The summed E-state index contributed by atoms with van der Waals surface area (Å²) in [6.45, 7) is -0.131. The molecule has 0 amide bonds. The van der Waals surface area contributed by atoms with E-state index in [0.29, 0.717) is 0 Å². The Hall–Kier alpha value is -1.15. The van der Waals surface area contributed by atoms with E-state index in [4.69, 9.17) is 31.9 Å². The number of hydrogen-bond donors (Lipinski definition) is 2. The van der Waals surface area contributed by atoms with Crippen molar-refractivity contribution >= 4 is 17.4 Å². The number of aromatic nitrogens is 2. The van der Waals surface area contributed by atoms with Crippen LogP contribution in [0.2, 0.25) is 5.02 Å². The van der Waals surface area contributed by atoms with Gasteiger partial charge in [0.05, 0.1) is 18.2 Å². The fourth-order valence-corrected chi connectivity index (χ4v) is 1.50. The summed E-state index contributed by atoms with van der Waals surface area (Å²) in [6, 6.07) is 0. The largest absolute Gasteiger partial charge is 0.391 e. The van der Waals surface area contributed by atoms with Crippen molar-refractivity contribution in [2.45, 2.75) is 12.5 Å². The number of aliphatic hydroxyl groups excluding tert-OH is 1. The van der Waals surface area contributed by atoms with Gasteiger partial charge in [0.25, 0.3) is 0 Å². The molecule has 0 saturated carbocycles. The van der Waals surface area contributed by atoms with E-state index in [9.17, 15) is 4.79 Å². The van der Waals surface area contributed by atoms with Crippen molar-refractivity contribution < 1.29 is 14.6 Å². The van der Waals surface area contributed by atoms with Gasteiger partial charge in [-0.15, -0.1) is 0 Å². The summed E-state index contributed by atoms with van der Waals surface area (Å²) < 4.78 is 11.5. The van der Waals surface area contributed by atoms with Gasteiger partial charge in [0.2, 0.25) is 0 Å². The molecule has 16 heavy (non-hydrogen) atoms. The summed E-state index contributed by atoms with van der Waals surface area (Å²) in [4.78, 5) is 15.0. The first-order valence-corrected chi connectivity index (χ1v) is 4.91. The topological polar surface area (TPSA) is 99.6 Å². The van der Waals surface area contributed by atoms with Gasteiger partial charge < -0.3 is 20.3 Å². The lowest BCUT2D eigenvalue weighted by atomic mass is 10.5. The van der Waals surface area contributed by atoms with E-state index in [-0.39, 0.29) is 24.1 Å². The van der Waals surface area contributed by atoms with Crippen LogP contribution in [0.4, 0.5) is 5.82 Å². The van der Waals surface area contributed by atoms with E-state index in [1.807, 2.05) is 0 Å². The lowest BCUT2D eigenvalue weighted by Gasteiger charge is -2.12. The van der Waals surface area contributed by atoms with Crippen molar-refractivity contribution in [1.29, 1.82) is 0 Å². The van der Waals surface area contributed by atoms with Crippen LogP contribution in [0.5, 0.6) is 0 Å². The molecule has 2 rings (SSSR count). The molecule has 0 aromatic carbocycles. The molecular weight excluding hydrogens is 238 g/mol. The predicted molar refractivity (Wildman–Crippen MR) is 54.9 cm³/mol. The molecule has 1 aromatic rings. The molecule has 0 radical (unpaired) electrons. The molecule has 0 unspecified atom stereocenters. The lowest BCUT2D eigenvalue weighted by molar-refractivity contribution is -0.0992. The first-order valence-electron chi connectivity index (χ1n) is 4.54. The summed E-state index contributed by atoms with van der Waals surface area (Å²) in [5, 5.41) is 8.96.